The number of rotatable bonds is 5. The predicted molar refractivity (Wildman–Crippen MR) is 82.6 cm³/mol. The Morgan fingerprint density at radius 1 is 1.37 bits per heavy atom. The van der Waals surface area contributed by atoms with Crippen molar-refractivity contribution in [1.82, 2.24) is 0 Å². The summed E-state index contributed by atoms with van der Waals surface area (Å²) in [7, 11) is 1.63. The van der Waals surface area contributed by atoms with Crippen molar-refractivity contribution in [2.75, 3.05) is 7.11 Å². The highest BCUT2D eigenvalue weighted by molar-refractivity contribution is 9.10. The first-order chi connectivity index (χ1) is 8.74. The number of hydrogen-bond donors (Lipinski definition) is 0. The molecule has 0 aliphatic carbocycles. The van der Waals surface area contributed by atoms with E-state index in [1.807, 2.05) is 18.2 Å². The van der Waals surface area contributed by atoms with E-state index >= 15 is 0 Å². The van der Waals surface area contributed by atoms with Gasteiger partial charge in [0.15, 0.2) is 0 Å². The minimum atomic E-state index is 0.164. The van der Waals surface area contributed by atoms with Crippen LogP contribution in [-0.2, 0) is 11.2 Å². The summed E-state index contributed by atoms with van der Waals surface area (Å²) >= 11 is 3.43. The SMILES string of the molecule is COc1ccc(Br)cc1CC(=O)CC(C)C(C)(C)C. The quantitative estimate of drug-likeness (QED) is 0.787. The van der Waals surface area contributed by atoms with E-state index in [1.165, 1.54) is 0 Å². The van der Waals surface area contributed by atoms with E-state index in [2.05, 4.69) is 43.6 Å². The van der Waals surface area contributed by atoms with E-state index in [4.69, 9.17) is 4.74 Å². The maximum absolute atomic E-state index is 12.2. The highest BCUT2D eigenvalue weighted by Gasteiger charge is 2.23. The number of benzene rings is 1. The smallest absolute Gasteiger partial charge is 0.137 e. The fourth-order valence-electron chi connectivity index (χ4n) is 1.82. The molecule has 1 aromatic rings. The Morgan fingerprint density at radius 2 is 2.00 bits per heavy atom. The molecule has 0 saturated carbocycles. The molecule has 0 N–H and O–H groups in total. The fourth-order valence-corrected chi connectivity index (χ4v) is 2.23. The van der Waals surface area contributed by atoms with Crippen LogP contribution in [0.5, 0.6) is 5.75 Å². The number of carbonyl (C=O) groups is 1. The maximum atomic E-state index is 12.2. The van der Waals surface area contributed by atoms with Crippen LogP contribution in [0.4, 0.5) is 0 Å². The molecule has 106 valence electrons. The molecule has 0 spiro atoms. The molecule has 0 aliphatic rings. The Balaban J connectivity index is 2.75. The predicted octanol–water partition coefficient (Wildman–Crippen LogP) is 4.64. The fraction of sp³-hybridized carbons (Fsp3) is 0.562. The van der Waals surface area contributed by atoms with Gasteiger partial charge in [0, 0.05) is 22.9 Å². The molecule has 1 atom stereocenters. The number of carbonyl (C=O) groups excluding carboxylic acids is 1. The van der Waals surface area contributed by atoms with Crippen LogP contribution < -0.4 is 4.74 Å². The molecule has 3 heteroatoms. The monoisotopic (exact) mass is 326 g/mol. The van der Waals surface area contributed by atoms with Crippen LogP contribution in [0.25, 0.3) is 0 Å². The number of Topliss-reactive ketones (excluding diaryl/α,β-unsaturated/α-hetero) is 1. The summed E-state index contributed by atoms with van der Waals surface area (Å²) in [6, 6.07) is 5.77. The number of hydrogen-bond acceptors (Lipinski definition) is 2. The molecule has 0 amide bonds. The standard InChI is InChI=1S/C16H23BrO2/c1-11(16(2,3)4)8-14(18)10-12-9-13(17)6-7-15(12)19-5/h6-7,9,11H,8,10H2,1-5H3. The van der Waals surface area contributed by atoms with Gasteiger partial charge in [0.25, 0.3) is 0 Å². The second-order valence-electron chi connectivity index (χ2n) is 6.14. The summed E-state index contributed by atoms with van der Waals surface area (Å²) in [6.45, 7) is 8.65. The van der Waals surface area contributed by atoms with E-state index in [1.54, 1.807) is 7.11 Å². The largest absolute Gasteiger partial charge is 0.496 e. The lowest BCUT2D eigenvalue weighted by atomic mass is 9.79. The maximum Gasteiger partial charge on any atom is 0.137 e. The molecule has 0 bridgehead atoms. The minimum Gasteiger partial charge on any atom is -0.496 e. The van der Waals surface area contributed by atoms with Crippen molar-refractivity contribution in [3.63, 3.8) is 0 Å². The zero-order valence-corrected chi connectivity index (χ0v) is 14.0. The molecule has 1 rings (SSSR count). The molecule has 0 aliphatic heterocycles. The van der Waals surface area contributed by atoms with Crippen LogP contribution >= 0.6 is 15.9 Å². The van der Waals surface area contributed by atoms with E-state index < -0.39 is 0 Å². The molecule has 0 saturated heterocycles. The molecule has 0 aromatic heterocycles. The van der Waals surface area contributed by atoms with Crippen molar-refractivity contribution in [2.24, 2.45) is 11.3 Å². The van der Waals surface area contributed by atoms with Gasteiger partial charge in [-0.1, -0.05) is 43.6 Å². The van der Waals surface area contributed by atoms with E-state index in [0.29, 0.717) is 18.8 Å². The van der Waals surface area contributed by atoms with E-state index in [0.717, 1.165) is 15.8 Å². The number of ether oxygens (including phenoxy) is 1. The van der Waals surface area contributed by atoms with Gasteiger partial charge in [0.2, 0.25) is 0 Å². The lowest BCUT2D eigenvalue weighted by Gasteiger charge is -2.26. The highest BCUT2D eigenvalue weighted by atomic mass is 79.9. The average molecular weight is 327 g/mol. The summed E-state index contributed by atoms with van der Waals surface area (Å²) in [5.41, 5.74) is 1.11. The number of methoxy groups -OCH3 is 1. The average Bonchev–Trinajstić information content (AvgIpc) is 2.27. The van der Waals surface area contributed by atoms with E-state index in [9.17, 15) is 4.79 Å². The number of ketones is 1. The van der Waals surface area contributed by atoms with Gasteiger partial charge >= 0.3 is 0 Å². The third-order valence-electron chi connectivity index (χ3n) is 3.64. The Hall–Kier alpha value is -0.830. The third-order valence-corrected chi connectivity index (χ3v) is 4.14. The Bertz CT molecular complexity index is 447. The normalized spacial score (nSPS) is 13.2. The topological polar surface area (TPSA) is 26.3 Å². The van der Waals surface area contributed by atoms with Gasteiger partial charge in [-0.3, -0.25) is 4.79 Å². The molecular weight excluding hydrogens is 304 g/mol. The van der Waals surface area contributed by atoms with E-state index in [-0.39, 0.29) is 11.2 Å². The summed E-state index contributed by atoms with van der Waals surface area (Å²) in [5, 5.41) is 0. The minimum absolute atomic E-state index is 0.164. The van der Waals surface area contributed by atoms with Gasteiger partial charge in [0.05, 0.1) is 7.11 Å². The first kappa shape index (κ1) is 16.2. The molecule has 0 heterocycles. The van der Waals surface area contributed by atoms with Gasteiger partial charge < -0.3 is 4.74 Å². The van der Waals surface area contributed by atoms with Gasteiger partial charge in [-0.05, 0) is 29.5 Å². The Kier molecular flexibility index (Phi) is 5.60. The highest BCUT2D eigenvalue weighted by Crippen LogP contribution is 2.29. The molecular formula is C16H23BrO2. The Labute approximate surface area is 124 Å². The summed E-state index contributed by atoms with van der Waals surface area (Å²) < 4.78 is 6.27. The number of halogens is 1. The zero-order chi connectivity index (χ0) is 14.6. The van der Waals surface area contributed by atoms with Crippen LogP contribution in [0.15, 0.2) is 22.7 Å². The molecule has 0 fully saturated rings. The zero-order valence-electron chi connectivity index (χ0n) is 12.4. The molecule has 0 radical (unpaired) electrons. The summed E-state index contributed by atoms with van der Waals surface area (Å²) in [4.78, 5) is 12.2. The second kappa shape index (κ2) is 6.56. The third kappa shape index (κ3) is 4.98. The molecule has 1 aromatic carbocycles. The second-order valence-corrected chi connectivity index (χ2v) is 7.06. The molecule has 19 heavy (non-hydrogen) atoms. The van der Waals surface area contributed by atoms with Crippen LogP contribution in [-0.4, -0.2) is 12.9 Å². The van der Waals surface area contributed by atoms with Gasteiger partial charge in [-0.15, -0.1) is 0 Å². The van der Waals surface area contributed by atoms with Crippen molar-refractivity contribution >= 4 is 21.7 Å². The van der Waals surface area contributed by atoms with Gasteiger partial charge in [0.1, 0.15) is 11.5 Å². The molecule has 1 unspecified atom stereocenters. The van der Waals surface area contributed by atoms with Gasteiger partial charge in [-0.25, -0.2) is 0 Å². The summed E-state index contributed by atoms with van der Waals surface area (Å²) in [6.07, 6.45) is 1.04. The van der Waals surface area contributed by atoms with Crippen LogP contribution in [0.3, 0.4) is 0 Å². The van der Waals surface area contributed by atoms with Gasteiger partial charge in [-0.2, -0.15) is 0 Å². The van der Waals surface area contributed by atoms with Crippen molar-refractivity contribution in [2.45, 2.75) is 40.5 Å². The van der Waals surface area contributed by atoms with Crippen molar-refractivity contribution in [3.8, 4) is 5.75 Å². The van der Waals surface area contributed by atoms with Crippen LogP contribution in [0.1, 0.15) is 39.7 Å². The van der Waals surface area contributed by atoms with Crippen molar-refractivity contribution in [1.29, 1.82) is 0 Å². The summed E-state index contributed by atoms with van der Waals surface area (Å²) in [5.74, 6) is 1.41. The van der Waals surface area contributed by atoms with Crippen molar-refractivity contribution in [3.05, 3.63) is 28.2 Å². The molecule has 2 nitrogen and oxygen atoms in total. The first-order valence-corrected chi connectivity index (χ1v) is 7.37. The van der Waals surface area contributed by atoms with Crippen molar-refractivity contribution < 1.29 is 9.53 Å². The van der Waals surface area contributed by atoms with Crippen LogP contribution in [0.2, 0.25) is 0 Å². The lowest BCUT2D eigenvalue weighted by Crippen LogP contribution is -2.21. The first-order valence-electron chi connectivity index (χ1n) is 6.58. The lowest BCUT2D eigenvalue weighted by molar-refractivity contribution is -0.120. The van der Waals surface area contributed by atoms with Crippen LogP contribution in [0, 0.1) is 11.3 Å². The Morgan fingerprint density at radius 3 is 2.53 bits per heavy atom.